The van der Waals surface area contributed by atoms with Crippen LogP contribution in [0.25, 0.3) is 6.08 Å². The van der Waals surface area contributed by atoms with Gasteiger partial charge in [-0.05, 0) is 29.8 Å². The summed E-state index contributed by atoms with van der Waals surface area (Å²) in [6.45, 7) is 0.113. The van der Waals surface area contributed by atoms with Crippen molar-refractivity contribution in [2.75, 3.05) is 7.05 Å². The van der Waals surface area contributed by atoms with Gasteiger partial charge in [-0.25, -0.2) is 4.39 Å². The number of aromatic nitrogens is 1. The van der Waals surface area contributed by atoms with E-state index in [0.717, 1.165) is 5.56 Å². The number of halogens is 2. The van der Waals surface area contributed by atoms with Crippen molar-refractivity contribution in [2.45, 2.75) is 6.54 Å². The third-order valence-electron chi connectivity index (χ3n) is 2.94. The highest BCUT2D eigenvalue weighted by Gasteiger charge is 2.12. The molecule has 2 rings (SSSR count). The predicted molar refractivity (Wildman–Crippen MR) is 81.2 cm³/mol. The van der Waals surface area contributed by atoms with Crippen molar-refractivity contribution < 1.29 is 9.18 Å². The van der Waals surface area contributed by atoms with Crippen LogP contribution in [0.3, 0.4) is 0 Å². The molecule has 2 aromatic rings. The van der Waals surface area contributed by atoms with Gasteiger partial charge in [0, 0.05) is 42.6 Å². The van der Waals surface area contributed by atoms with E-state index in [2.05, 4.69) is 4.98 Å². The fraction of sp³-hybridized carbons (Fsp3) is 0.125. The van der Waals surface area contributed by atoms with Crippen LogP contribution in [-0.4, -0.2) is 22.8 Å². The molecule has 21 heavy (non-hydrogen) atoms. The van der Waals surface area contributed by atoms with Gasteiger partial charge in [-0.1, -0.05) is 23.7 Å². The number of rotatable bonds is 4. The predicted octanol–water partition coefficient (Wildman–Crippen LogP) is 3.55. The van der Waals surface area contributed by atoms with Gasteiger partial charge in [0.1, 0.15) is 5.82 Å². The van der Waals surface area contributed by atoms with Gasteiger partial charge in [0.15, 0.2) is 0 Å². The van der Waals surface area contributed by atoms with Gasteiger partial charge in [-0.3, -0.25) is 9.78 Å². The first-order valence-electron chi connectivity index (χ1n) is 6.34. The number of amides is 1. The molecule has 1 amide bonds. The van der Waals surface area contributed by atoms with Crippen molar-refractivity contribution in [3.63, 3.8) is 0 Å². The fourth-order valence-corrected chi connectivity index (χ4v) is 1.99. The monoisotopic (exact) mass is 304 g/mol. The minimum absolute atomic E-state index is 0.113. The molecule has 0 spiro atoms. The zero-order valence-corrected chi connectivity index (χ0v) is 12.2. The van der Waals surface area contributed by atoms with Crippen LogP contribution in [-0.2, 0) is 11.3 Å². The standard InChI is InChI=1S/C16H14ClFN2O/c1-20(11-13-14(17)5-2-6-15(13)18)16(21)8-7-12-4-3-9-19-10-12/h2-10H,11H2,1H3. The summed E-state index contributed by atoms with van der Waals surface area (Å²) in [5.41, 5.74) is 1.13. The molecule has 0 fully saturated rings. The molecular weight excluding hydrogens is 291 g/mol. The van der Waals surface area contributed by atoms with E-state index in [0.29, 0.717) is 10.6 Å². The molecule has 1 aromatic heterocycles. The Kier molecular flexibility index (Phi) is 5.06. The van der Waals surface area contributed by atoms with Crippen molar-refractivity contribution in [1.82, 2.24) is 9.88 Å². The fourth-order valence-electron chi connectivity index (χ4n) is 1.77. The Morgan fingerprint density at radius 3 is 2.86 bits per heavy atom. The Morgan fingerprint density at radius 2 is 2.19 bits per heavy atom. The van der Waals surface area contributed by atoms with E-state index in [-0.39, 0.29) is 12.5 Å². The molecule has 108 valence electrons. The molecule has 0 aliphatic carbocycles. The molecule has 0 aliphatic heterocycles. The lowest BCUT2D eigenvalue weighted by atomic mass is 10.2. The zero-order valence-electron chi connectivity index (χ0n) is 11.5. The first kappa shape index (κ1) is 15.2. The van der Waals surface area contributed by atoms with Gasteiger partial charge in [0.2, 0.25) is 5.91 Å². The van der Waals surface area contributed by atoms with Gasteiger partial charge < -0.3 is 4.90 Å². The molecular formula is C16H14ClFN2O. The SMILES string of the molecule is CN(Cc1c(F)cccc1Cl)C(=O)C=Cc1cccnc1. The minimum Gasteiger partial charge on any atom is -0.338 e. The van der Waals surface area contributed by atoms with Crippen LogP contribution in [0.15, 0.2) is 48.8 Å². The molecule has 0 radical (unpaired) electrons. The lowest BCUT2D eigenvalue weighted by molar-refractivity contribution is -0.125. The second-order valence-corrected chi connectivity index (χ2v) is 4.92. The average Bonchev–Trinajstić information content (AvgIpc) is 2.49. The summed E-state index contributed by atoms with van der Waals surface area (Å²) in [5, 5.41) is 0.311. The molecule has 0 aliphatic rings. The van der Waals surface area contributed by atoms with Crippen LogP contribution in [0, 0.1) is 5.82 Å². The second-order valence-electron chi connectivity index (χ2n) is 4.51. The van der Waals surface area contributed by atoms with E-state index in [1.54, 1.807) is 37.7 Å². The van der Waals surface area contributed by atoms with Gasteiger partial charge in [-0.15, -0.1) is 0 Å². The van der Waals surface area contributed by atoms with Crippen molar-refractivity contribution in [1.29, 1.82) is 0 Å². The van der Waals surface area contributed by atoms with E-state index < -0.39 is 5.82 Å². The third-order valence-corrected chi connectivity index (χ3v) is 3.29. The van der Waals surface area contributed by atoms with E-state index in [1.165, 1.54) is 23.1 Å². The first-order valence-corrected chi connectivity index (χ1v) is 6.72. The normalized spacial score (nSPS) is 10.8. The van der Waals surface area contributed by atoms with E-state index in [4.69, 9.17) is 11.6 Å². The second kappa shape index (κ2) is 6.99. The van der Waals surface area contributed by atoms with Crippen LogP contribution in [0.5, 0.6) is 0 Å². The third kappa shape index (κ3) is 4.13. The summed E-state index contributed by atoms with van der Waals surface area (Å²) >= 11 is 5.95. The van der Waals surface area contributed by atoms with E-state index >= 15 is 0 Å². The lowest BCUT2D eigenvalue weighted by Gasteiger charge is -2.16. The number of pyridine rings is 1. The molecule has 5 heteroatoms. The Labute approximate surface area is 127 Å². The van der Waals surface area contributed by atoms with Crippen molar-refractivity contribution in [3.05, 3.63) is 70.8 Å². The maximum atomic E-state index is 13.7. The quantitative estimate of drug-likeness (QED) is 0.809. The van der Waals surface area contributed by atoms with Gasteiger partial charge in [0.25, 0.3) is 0 Å². The number of hydrogen-bond acceptors (Lipinski definition) is 2. The van der Waals surface area contributed by atoms with Crippen molar-refractivity contribution in [2.24, 2.45) is 0 Å². The summed E-state index contributed by atoms with van der Waals surface area (Å²) in [6, 6.07) is 8.08. The Hall–Kier alpha value is -2.20. The molecule has 0 atom stereocenters. The average molecular weight is 305 g/mol. The highest BCUT2D eigenvalue weighted by molar-refractivity contribution is 6.31. The number of carbonyl (C=O) groups excluding carboxylic acids is 1. The molecule has 1 heterocycles. The number of hydrogen-bond donors (Lipinski definition) is 0. The highest BCUT2D eigenvalue weighted by Crippen LogP contribution is 2.20. The van der Waals surface area contributed by atoms with Gasteiger partial charge in [0.05, 0.1) is 0 Å². The molecule has 0 bridgehead atoms. The smallest absolute Gasteiger partial charge is 0.246 e. The van der Waals surface area contributed by atoms with Gasteiger partial charge in [-0.2, -0.15) is 0 Å². The molecule has 1 aromatic carbocycles. The van der Waals surface area contributed by atoms with Crippen LogP contribution in [0.2, 0.25) is 5.02 Å². The summed E-state index contributed by atoms with van der Waals surface area (Å²) in [7, 11) is 1.60. The zero-order chi connectivity index (χ0) is 15.2. The summed E-state index contributed by atoms with van der Waals surface area (Å²) in [4.78, 5) is 17.4. The van der Waals surface area contributed by atoms with Crippen molar-refractivity contribution >= 4 is 23.6 Å². The number of benzene rings is 1. The molecule has 0 saturated carbocycles. The van der Waals surface area contributed by atoms with Crippen LogP contribution >= 0.6 is 11.6 Å². The Bertz CT molecular complexity index is 638. The van der Waals surface area contributed by atoms with Crippen LogP contribution in [0.4, 0.5) is 4.39 Å². The molecule has 3 nitrogen and oxygen atoms in total. The van der Waals surface area contributed by atoms with E-state index in [1.807, 2.05) is 6.07 Å². The topological polar surface area (TPSA) is 33.2 Å². The Balaban J connectivity index is 2.05. The number of likely N-dealkylation sites (N-methyl/N-ethyl adjacent to an activating group) is 1. The molecule has 0 saturated heterocycles. The summed E-state index contributed by atoms with van der Waals surface area (Å²) in [5.74, 6) is -0.656. The number of nitrogens with zero attached hydrogens (tertiary/aromatic N) is 2. The number of carbonyl (C=O) groups is 1. The van der Waals surface area contributed by atoms with Crippen LogP contribution < -0.4 is 0 Å². The van der Waals surface area contributed by atoms with Crippen LogP contribution in [0.1, 0.15) is 11.1 Å². The maximum absolute atomic E-state index is 13.7. The summed E-state index contributed by atoms with van der Waals surface area (Å²) < 4.78 is 13.7. The highest BCUT2D eigenvalue weighted by atomic mass is 35.5. The first-order chi connectivity index (χ1) is 10.1. The molecule has 0 unspecified atom stereocenters. The lowest BCUT2D eigenvalue weighted by Crippen LogP contribution is -2.24. The maximum Gasteiger partial charge on any atom is 0.246 e. The van der Waals surface area contributed by atoms with Crippen molar-refractivity contribution in [3.8, 4) is 0 Å². The summed E-state index contributed by atoms with van der Waals surface area (Å²) in [6.07, 6.45) is 6.39. The Morgan fingerprint density at radius 1 is 1.38 bits per heavy atom. The van der Waals surface area contributed by atoms with E-state index in [9.17, 15) is 9.18 Å². The van der Waals surface area contributed by atoms with Gasteiger partial charge >= 0.3 is 0 Å². The minimum atomic E-state index is -0.418. The molecule has 0 N–H and O–H groups in total. The largest absolute Gasteiger partial charge is 0.338 e.